The first-order valence-electron chi connectivity index (χ1n) is 5.05. The summed E-state index contributed by atoms with van der Waals surface area (Å²) in [5, 5.41) is 7.72. The maximum Gasteiger partial charge on any atom is 0.239 e. The van der Waals surface area contributed by atoms with Gasteiger partial charge in [0.15, 0.2) is 5.82 Å². The van der Waals surface area contributed by atoms with Gasteiger partial charge in [0.1, 0.15) is 6.33 Å². The predicted octanol–water partition coefficient (Wildman–Crippen LogP) is -0.735. The largest absolute Gasteiger partial charge is 0.334 e. The van der Waals surface area contributed by atoms with Crippen molar-refractivity contribution in [2.75, 3.05) is 6.54 Å². The molecule has 1 aromatic rings. The lowest BCUT2D eigenvalue weighted by atomic mass is 10.1. The molecule has 1 aromatic heterocycles. The Morgan fingerprint density at radius 2 is 2.47 bits per heavy atom. The lowest BCUT2D eigenvalue weighted by Crippen LogP contribution is -2.48. The standard InChI is InChI=1S/C9H15N5O/c1-13-6-11-12-8(13)5-14-4-2-3-7(10)9(14)15/h6-7H,2-5,10H2,1H3. The van der Waals surface area contributed by atoms with Crippen LogP contribution in [0.5, 0.6) is 0 Å². The summed E-state index contributed by atoms with van der Waals surface area (Å²) in [5.41, 5.74) is 5.70. The van der Waals surface area contributed by atoms with Gasteiger partial charge >= 0.3 is 0 Å². The molecule has 6 nitrogen and oxygen atoms in total. The number of carbonyl (C=O) groups excluding carboxylic acids is 1. The van der Waals surface area contributed by atoms with E-state index in [1.165, 1.54) is 0 Å². The first-order chi connectivity index (χ1) is 7.18. The highest BCUT2D eigenvalue weighted by Gasteiger charge is 2.26. The second kappa shape index (κ2) is 3.98. The summed E-state index contributed by atoms with van der Waals surface area (Å²) in [6, 6.07) is -0.341. The molecule has 0 bridgehead atoms. The maximum atomic E-state index is 11.7. The number of likely N-dealkylation sites (tertiary alicyclic amines) is 1. The molecule has 2 heterocycles. The van der Waals surface area contributed by atoms with E-state index in [0.717, 1.165) is 25.2 Å². The van der Waals surface area contributed by atoms with Crippen molar-refractivity contribution in [1.82, 2.24) is 19.7 Å². The van der Waals surface area contributed by atoms with E-state index in [-0.39, 0.29) is 11.9 Å². The van der Waals surface area contributed by atoms with Crippen molar-refractivity contribution in [2.24, 2.45) is 12.8 Å². The number of piperidine rings is 1. The minimum atomic E-state index is -0.341. The van der Waals surface area contributed by atoms with Crippen molar-refractivity contribution in [3.63, 3.8) is 0 Å². The van der Waals surface area contributed by atoms with Gasteiger partial charge in [0, 0.05) is 13.6 Å². The van der Waals surface area contributed by atoms with E-state index in [9.17, 15) is 4.79 Å². The molecule has 2 rings (SSSR count). The van der Waals surface area contributed by atoms with Gasteiger partial charge in [0.2, 0.25) is 5.91 Å². The normalized spacial score (nSPS) is 22.1. The van der Waals surface area contributed by atoms with Crippen LogP contribution >= 0.6 is 0 Å². The van der Waals surface area contributed by atoms with E-state index < -0.39 is 0 Å². The lowest BCUT2D eigenvalue weighted by Gasteiger charge is -2.29. The molecule has 1 fully saturated rings. The minimum absolute atomic E-state index is 0.0178. The highest BCUT2D eigenvalue weighted by Crippen LogP contribution is 2.12. The summed E-state index contributed by atoms with van der Waals surface area (Å²) in [5.74, 6) is 0.807. The van der Waals surface area contributed by atoms with Crippen LogP contribution in [0, 0.1) is 0 Å². The molecule has 1 aliphatic heterocycles. The molecule has 0 radical (unpaired) electrons. The summed E-state index contributed by atoms with van der Waals surface area (Å²) in [7, 11) is 1.86. The molecule has 0 spiro atoms. The van der Waals surface area contributed by atoms with Crippen molar-refractivity contribution in [2.45, 2.75) is 25.4 Å². The molecule has 0 aliphatic carbocycles. The van der Waals surface area contributed by atoms with Crippen LogP contribution < -0.4 is 5.73 Å². The van der Waals surface area contributed by atoms with E-state index in [4.69, 9.17) is 5.73 Å². The van der Waals surface area contributed by atoms with E-state index in [1.807, 2.05) is 11.6 Å². The number of aromatic nitrogens is 3. The van der Waals surface area contributed by atoms with Crippen molar-refractivity contribution < 1.29 is 4.79 Å². The molecule has 0 saturated carbocycles. The molecule has 1 aliphatic rings. The van der Waals surface area contributed by atoms with Gasteiger partial charge in [-0.1, -0.05) is 0 Å². The summed E-state index contributed by atoms with van der Waals surface area (Å²) in [6.45, 7) is 1.27. The zero-order chi connectivity index (χ0) is 10.8. The number of hydrogen-bond acceptors (Lipinski definition) is 4. The van der Waals surface area contributed by atoms with Crippen molar-refractivity contribution >= 4 is 5.91 Å². The number of nitrogens with two attached hydrogens (primary N) is 1. The number of hydrogen-bond donors (Lipinski definition) is 1. The topological polar surface area (TPSA) is 77.0 Å². The first-order valence-corrected chi connectivity index (χ1v) is 5.05. The SMILES string of the molecule is Cn1cnnc1CN1CCCC(N)C1=O. The Bertz CT molecular complexity index is 361. The Balaban J connectivity index is 2.05. The molecule has 2 N–H and O–H groups in total. The summed E-state index contributed by atoms with van der Waals surface area (Å²) < 4.78 is 1.81. The van der Waals surface area contributed by atoms with Crippen LogP contribution in [0.2, 0.25) is 0 Å². The third kappa shape index (κ3) is 1.99. The van der Waals surface area contributed by atoms with Gasteiger partial charge in [0.25, 0.3) is 0 Å². The van der Waals surface area contributed by atoms with E-state index in [0.29, 0.717) is 6.54 Å². The van der Waals surface area contributed by atoms with Crippen molar-refractivity contribution in [1.29, 1.82) is 0 Å². The number of aryl methyl sites for hydroxylation is 1. The second-order valence-electron chi connectivity index (χ2n) is 3.87. The fraction of sp³-hybridized carbons (Fsp3) is 0.667. The van der Waals surface area contributed by atoms with Crippen LogP contribution in [0.15, 0.2) is 6.33 Å². The van der Waals surface area contributed by atoms with Gasteiger partial charge in [-0.2, -0.15) is 0 Å². The fourth-order valence-electron chi connectivity index (χ4n) is 1.75. The third-order valence-electron chi connectivity index (χ3n) is 2.71. The highest BCUT2D eigenvalue weighted by atomic mass is 16.2. The van der Waals surface area contributed by atoms with Gasteiger partial charge in [-0.25, -0.2) is 0 Å². The lowest BCUT2D eigenvalue weighted by molar-refractivity contribution is -0.135. The fourth-order valence-corrected chi connectivity index (χ4v) is 1.75. The third-order valence-corrected chi connectivity index (χ3v) is 2.71. The Labute approximate surface area is 88.1 Å². The maximum absolute atomic E-state index is 11.7. The van der Waals surface area contributed by atoms with Gasteiger partial charge in [0.05, 0.1) is 12.6 Å². The molecule has 82 valence electrons. The predicted molar refractivity (Wildman–Crippen MR) is 53.6 cm³/mol. The van der Waals surface area contributed by atoms with Crippen LogP contribution in [0.3, 0.4) is 0 Å². The molecular formula is C9H15N5O. The van der Waals surface area contributed by atoms with Crippen LogP contribution in [0.1, 0.15) is 18.7 Å². The Morgan fingerprint density at radius 3 is 3.13 bits per heavy atom. The molecule has 1 atom stereocenters. The molecule has 1 unspecified atom stereocenters. The quantitative estimate of drug-likeness (QED) is 0.696. The number of nitrogens with zero attached hydrogens (tertiary/aromatic N) is 4. The highest BCUT2D eigenvalue weighted by molar-refractivity contribution is 5.82. The zero-order valence-electron chi connectivity index (χ0n) is 8.76. The smallest absolute Gasteiger partial charge is 0.239 e. The molecule has 15 heavy (non-hydrogen) atoms. The van der Waals surface area contributed by atoms with Gasteiger partial charge in [-0.3, -0.25) is 4.79 Å². The molecule has 1 saturated heterocycles. The number of rotatable bonds is 2. The second-order valence-corrected chi connectivity index (χ2v) is 3.87. The molecular weight excluding hydrogens is 194 g/mol. The number of amides is 1. The Kier molecular flexibility index (Phi) is 2.68. The first kappa shape index (κ1) is 10.1. The van der Waals surface area contributed by atoms with Gasteiger partial charge in [-0.05, 0) is 12.8 Å². The average molecular weight is 209 g/mol. The van der Waals surface area contributed by atoms with Gasteiger partial charge < -0.3 is 15.2 Å². The van der Waals surface area contributed by atoms with Crippen LogP contribution in [-0.2, 0) is 18.4 Å². The molecule has 0 aromatic carbocycles. The van der Waals surface area contributed by atoms with Crippen molar-refractivity contribution in [3.8, 4) is 0 Å². The van der Waals surface area contributed by atoms with Crippen molar-refractivity contribution in [3.05, 3.63) is 12.2 Å². The van der Waals surface area contributed by atoms with E-state index in [1.54, 1.807) is 11.2 Å². The van der Waals surface area contributed by atoms with Crippen LogP contribution in [-0.4, -0.2) is 38.2 Å². The summed E-state index contributed by atoms with van der Waals surface area (Å²) in [4.78, 5) is 13.5. The zero-order valence-corrected chi connectivity index (χ0v) is 8.76. The monoisotopic (exact) mass is 209 g/mol. The van der Waals surface area contributed by atoms with Crippen LogP contribution in [0.4, 0.5) is 0 Å². The Morgan fingerprint density at radius 1 is 1.67 bits per heavy atom. The minimum Gasteiger partial charge on any atom is -0.334 e. The van der Waals surface area contributed by atoms with E-state index >= 15 is 0 Å². The van der Waals surface area contributed by atoms with E-state index in [2.05, 4.69) is 10.2 Å². The molecule has 6 heteroatoms. The average Bonchev–Trinajstić information content (AvgIpc) is 2.60. The molecule has 1 amide bonds. The Hall–Kier alpha value is -1.43. The number of carbonyl (C=O) groups is 1. The van der Waals surface area contributed by atoms with Gasteiger partial charge in [-0.15, -0.1) is 10.2 Å². The van der Waals surface area contributed by atoms with Crippen LogP contribution in [0.25, 0.3) is 0 Å². The summed E-state index contributed by atoms with van der Waals surface area (Å²) >= 11 is 0. The summed E-state index contributed by atoms with van der Waals surface area (Å²) in [6.07, 6.45) is 3.38.